The first-order chi connectivity index (χ1) is 6.52. The van der Waals surface area contributed by atoms with Crippen LogP contribution in [-0.4, -0.2) is 25.2 Å². The summed E-state index contributed by atoms with van der Waals surface area (Å²) in [4.78, 5) is 11.2. The molecule has 0 spiro atoms. The summed E-state index contributed by atoms with van der Waals surface area (Å²) in [6, 6.07) is 0.465. The summed E-state index contributed by atoms with van der Waals surface area (Å²) in [5, 5.41) is 3.32. The summed E-state index contributed by atoms with van der Waals surface area (Å²) >= 11 is 0. The Bertz CT molecular complexity index is 192. The van der Waals surface area contributed by atoms with Crippen molar-refractivity contribution in [3.05, 3.63) is 12.7 Å². The molecule has 0 aliphatic heterocycles. The van der Waals surface area contributed by atoms with Crippen molar-refractivity contribution in [2.45, 2.75) is 39.3 Å². The predicted molar refractivity (Wildman–Crippen MR) is 58.1 cm³/mol. The van der Waals surface area contributed by atoms with Crippen LogP contribution < -0.4 is 5.32 Å². The molecule has 0 aliphatic carbocycles. The number of esters is 1. The number of hydrogen-bond donors (Lipinski definition) is 1. The molecule has 3 heteroatoms. The number of carbonyl (C=O) groups is 1. The van der Waals surface area contributed by atoms with Gasteiger partial charge in [-0.15, -0.1) is 6.58 Å². The molecule has 0 bridgehead atoms. The van der Waals surface area contributed by atoms with Gasteiger partial charge in [0.2, 0.25) is 0 Å². The topological polar surface area (TPSA) is 38.3 Å². The highest BCUT2D eigenvalue weighted by Gasteiger charge is 2.21. The van der Waals surface area contributed by atoms with Gasteiger partial charge in [0.1, 0.15) is 0 Å². The molecular formula is C11H21NO2. The van der Waals surface area contributed by atoms with Crippen LogP contribution in [0.5, 0.6) is 0 Å². The number of ether oxygens (including phenoxy) is 1. The van der Waals surface area contributed by atoms with E-state index in [1.165, 1.54) is 7.11 Å². The van der Waals surface area contributed by atoms with Crippen LogP contribution in [0, 0.1) is 5.92 Å². The van der Waals surface area contributed by atoms with Crippen molar-refractivity contribution >= 4 is 5.97 Å². The Labute approximate surface area is 86.5 Å². The van der Waals surface area contributed by atoms with Gasteiger partial charge in [-0.1, -0.05) is 13.0 Å². The molecule has 0 fully saturated rings. The SMILES string of the molecule is C=CCC(C)NC(C)C(C)C(=O)OC. The molecular weight excluding hydrogens is 178 g/mol. The van der Waals surface area contributed by atoms with E-state index in [1.54, 1.807) is 0 Å². The lowest BCUT2D eigenvalue weighted by molar-refractivity contribution is -0.145. The Kier molecular flexibility index (Phi) is 6.21. The standard InChI is InChI=1S/C11H21NO2/c1-6-7-8(2)12-10(4)9(3)11(13)14-5/h6,8-10,12H,1,7H2,2-5H3. The molecule has 0 aromatic heterocycles. The molecule has 0 aliphatic rings. The Morgan fingerprint density at radius 2 is 2.07 bits per heavy atom. The molecule has 0 amide bonds. The monoisotopic (exact) mass is 199 g/mol. The summed E-state index contributed by atoms with van der Waals surface area (Å²) in [7, 11) is 1.42. The molecule has 1 N–H and O–H groups in total. The van der Waals surface area contributed by atoms with Gasteiger partial charge in [-0.3, -0.25) is 4.79 Å². The minimum atomic E-state index is -0.171. The Morgan fingerprint density at radius 1 is 1.50 bits per heavy atom. The van der Waals surface area contributed by atoms with E-state index in [0.717, 1.165) is 6.42 Å². The van der Waals surface area contributed by atoms with Crippen LogP contribution in [0.4, 0.5) is 0 Å². The van der Waals surface area contributed by atoms with E-state index in [0.29, 0.717) is 6.04 Å². The third-order valence-corrected chi connectivity index (χ3v) is 2.39. The van der Waals surface area contributed by atoms with Crippen molar-refractivity contribution in [2.24, 2.45) is 5.92 Å². The number of nitrogens with one attached hydrogen (secondary N) is 1. The summed E-state index contributed by atoms with van der Waals surface area (Å²) in [5.74, 6) is -0.289. The van der Waals surface area contributed by atoms with E-state index in [1.807, 2.05) is 19.9 Å². The van der Waals surface area contributed by atoms with Gasteiger partial charge < -0.3 is 10.1 Å². The van der Waals surface area contributed by atoms with Gasteiger partial charge in [0.05, 0.1) is 13.0 Å². The van der Waals surface area contributed by atoms with E-state index in [2.05, 4.69) is 23.6 Å². The normalized spacial score (nSPS) is 16.9. The van der Waals surface area contributed by atoms with Crippen molar-refractivity contribution in [1.82, 2.24) is 5.32 Å². The van der Waals surface area contributed by atoms with E-state index >= 15 is 0 Å². The number of methoxy groups -OCH3 is 1. The van der Waals surface area contributed by atoms with Crippen LogP contribution in [0.25, 0.3) is 0 Å². The van der Waals surface area contributed by atoms with Crippen LogP contribution in [0.1, 0.15) is 27.2 Å². The fourth-order valence-electron chi connectivity index (χ4n) is 1.30. The van der Waals surface area contributed by atoms with Crippen molar-refractivity contribution < 1.29 is 9.53 Å². The second kappa shape index (κ2) is 6.60. The predicted octanol–water partition coefficient (Wildman–Crippen LogP) is 1.74. The highest BCUT2D eigenvalue weighted by Crippen LogP contribution is 2.06. The first kappa shape index (κ1) is 13.2. The molecule has 0 rings (SSSR count). The molecule has 0 aromatic rings. The van der Waals surface area contributed by atoms with E-state index in [9.17, 15) is 4.79 Å². The third kappa shape index (κ3) is 4.42. The molecule has 14 heavy (non-hydrogen) atoms. The van der Waals surface area contributed by atoms with Gasteiger partial charge >= 0.3 is 5.97 Å². The quantitative estimate of drug-likeness (QED) is 0.523. The molecule has 0 aromatic carbocycles. The van der Waals surface area contributed by atoms with Gasteiger partial charge in [-0.25, -0.2) is 0 Å². The van der Waals surface area contributed by atoms with Gasteiger partial charge in [0.15, 0.2) is 0 Å². The van der Waals surface area contributed by atoms with Crippen molar-refractivity contribution in [2.75, 3.05) is 7.11 Å². The van der Waals surface area contributed by atoms with Crippen molar-refractivity contribution in [3.63, 3.8) is 0 Å². The van der Waals surface area contributed by atoms with Crippen LogP contribution in [0.3, 0.4) is 0 Å². The second-order valence-corrected chi connectivity index (χ2v) is 3.69. The summed E-state index contributed by atoms with van der Waals surface area (Å²) in [5.41, 5.74) is 0. The first-order valence-corrected chi connectivity index (χ1v) is 4.97. The average Bonchev–Trinajstić information content (AvgIpc) is 2.15. The number of rotatable bonds is 6. The second-order valence-electron chi connectivity index (χ2n) is 3.69. The Balaban J connectivity index is 3.99. The smallest absolute Gasteiger partial charge is 0.309 e. The van der Waals surface area contributed by atoms with E-state index in [4.69, 9.17) is 0 Å². The molecule has 0 saturated heterocycles. The fraction of sp³-hybridized carbons (Fsp3) is 0.727. The maximum atomic E-state index is 11.2. The minimum absolute atomic E-state index is 0.118. The van der Waals surface area contributed by atoms with Crippen LogP contribution in [-0.2, 0) is 9.53 Å². The van der Waals surface area contributed by atoms with Gasteiger partial charge in [0.25, 0.3) is 0 Å². The highest BCUT2D eigenvalue weighted by atomic mass is 16.5. The molecule has 82 valence electrons. The lowest BCUT2D eigenvalue weighted by Crippen LogP contribution is -2.41. The molecule has 0 radical (unpaired) electrons. The van der Waals surface area contributed by atoms with E-state index in [-0.39, 0.29) is 17.9 Å². The summed E-state index contributed by atoms with van der Waals surface area (Å²) in [6.45, 7) is 9.60. The number of hydrogen-bond acceptors (Lipinski definition) is 3. The van der Waals surface area contributed by atoms with Gasteiger partial charge in [-0.2, -0.15) is 0 Å². The first-order valence-electron chi connectivity index (χ1n) is 4.97. The fourth-order valence-corrected chi connectivity index (χ4v) is 1.30. The van der Waals surface area contributed by atoms with Gasteiger partial charge in [-0.05, 0) is 20.3 Å². The summed E-state index contributed by atoms with van der Waals surface area (Å²) < 4.78 is 4.68. The molecule has 3 nitrogen and oxygen atoms in total. The molecule has 0 heterocycles. The molecule has 0 saturated carbocycles. The lowest BCUT2D eigenvalue weighted by Gasteiger charge is -2.22. The average molecular weight is 199 g/mol. The third-order valence-electron chi connectivity index (χ3n) is 2.39. The maximum Gasteiger partial charge on any atom is 0.309 e. The Morgan fingerprint density at radius 3 is 2.50 bits per heavy atom. The molecule has 3 unspecified atom stereocenters. The minimum Gasteiger partial charge on any atom is -0.469 e. The highest BCUT2D eigenvalue weighted by molar-refractivity contribution is 5.72. The summed E-state index contributed by atoms with van der Waals surface area (Å²) in [6.07, 6.45) is 2.77. The van der Waals surface area contributed by atoms with Crippen LogP contribution in [0.15, 0.2) is 12.7 Å². The Hall–Kier alpha value is -0.830. The van der Waals surface area contributed by atoms with Crippen LogP contribution in [0.2, 0.25) is 0 Å². The number of carbonyl (C=O) groups excluding carboxylic acids is 1. The van der Waals surface area contributed by atoms with Crippen LogP contribution >= 0.6 is 0 Å². The maximum absolute atomic E-state index is 11.2. The van der Waals surface area contributed by atoms with Gasteiger partial charge in [0, 0.05) is 12.1 Å². The lowest BCUT2D eigenvalue weighted by atomic mass is 10.0. The zero-order chi connectivity index (χ0) is 11.1. The zero-order valence-electron chi connectivity index (χ0n) is 9.54. The zero-order valence-corrected chi connectivity index (χ0v) is 9.54. The van der Waals surface area contributed by atoms with Crippen molar-refractivity contribution in [1.29, 1.82) is 0 Å². The van der Waals surface area contributed by atoms with E-state index < -0.39 is 0 Å². The molecule has 3 atom stereocenters. The van der Waals surface area contributed by atoms with Crippen molar-refractivity contribution in [3.8, 4) is 0 Å². The largest absolute Gasteiger partial charge is 0.469 e.